The van der Waals surface area contributed by atoms with Crippen LogP contribution >= 0.6 is 11.8 Å². The van der Waals surface area contributed by atoms with E-state index in [-0.39, 0.29) is 47.1 Å². The van der Waals surface area contributed by atoms with Crippen LogP contribution in [0.2, 0.25) is 0 Å². The van der Waals surface area contributed by atoms with Gasteiger partial charge in [0.25, 0.3) is 0 Å². The molecule has 0 spiro atoms. The lowest BCUT2D eigenvalue weighted by atomic mass is 9.55. The minimum absolute atomic E-state index is 0.100. The van der Waals surface area contributed by atoms with E-state index in [0.29, 0.717) is 46.6 Å². The van der Waals surface area contributed by atoms with E-state index in [0.717, 1.165) is 21.7 Å². The molecule has 4 heterocycles. The first-order valence-corrected chi connectivity index (χ1v) is 26.5. The number of hydrogen-bond acceptors (Lipinski definition) is 16. The number of anilines is 1. The zero-order valence-electron chi connectivity index (χ0n) is 44.6. The van der Waals surface area contributed by atoms with Crippen molar-refractivity contribution < 1.29 is 68.3 Å². The lowest BCUT2D eigenvalue weighted by Crippen LogP contribution is -2.74. The summed E-state index contributed by atoms with van der Waals surface area (Å²) < 4.78 is 38.2. The number of esters is 2. The van der Waals surface area contributed by atoms with Crippen molar-refractivity contribution in [3.63, 3.8) is 0 Å². The number of aliphatic hydroxyl groups excluding tert-OH is 4. The smallest absolute Gasteiger partial charge is 0.343 e. The summed E-state index contributed by atoms with van der Waals surface area (Å²) in [4.78, 5) is 44.3. The molecule has 0 radical (unpaired) electrons. The topological polar surface area (TPSA) is 220 Å². The number of allylic oxidation sites excluding steroid dienone is 4. The van der Waals surface area contributed by atoms with Crippen LogP contribution in [0, 0.1) is 17.8 Å². The van der Waals surface area contributed by atoms with E-state index in [1.807, 2.05) is 98.7 Å². The van der Waals surface area contributed by atoms with Gasteiger partial charge in [-0.1, -0.05) is 69.2 Å². The van der Waals surface area contributed by atoms with E-state index in [9.17, 15) is 35.1 Å². The molecule has 2 fully saturated rings. The molecule has 3 aromatic carbocycles. The monoisotopic (exact) mass is 1050 g/mol. The molecule has 0 amide bonds. The fourth-order valence-electron chi connectivity index (χ4n) is 10.8. The largest absolute Gasteiger partial charge is 0.482 e. The number of ketones is 1. The summed E-state index contributed by atoms with van der Waals surface area (Å²) in [5.74, 6) is -2.51. The first-order valence-electron chi connectivity index (χ1n) is 25.7. The summed E-state index contributed by atoms with van der Waals surface area (Å²) in [6, 6.07) is 13.6. The standard InChI is InChI=1S/C59H71NO14S/c1-30(2)15-14-26-57(10)27-25-39-49(73-57)38(23-18-31(3)4)51-43(50(39)72-55(67)36-19-21-37(22-20-36)70-56-48(64)47(63)46(62)41(29-61)71-56)45-44-52(75-42-17-13-12-16-40(42)60-45)34(8)53(65)58(68,28-24-33(7)54(66)69-11)59(44,74-51)35(9)32(5)6/h12-13,15-22,24-25,27,32,34-35,41,46-48,52,56,60-64,68H,14,23,26,28-29H2,1-11H3/b33-24-/t34?,35?,41-,46-,47+,48-,52?,56-,57?,58?,59?/m1/s1. The summed E-state index contributed by atoms with van der Waals surface area (Å²) in [7, 11) is 1.28. The minimum Gasteiger partial charge on any atom is -0.482 e. The SMILES string of the molecule is COC(=O)/C(C)=C\CC1(O)C(=O)C(C)C2Sc3ccccc3NC3=C2C1(C(C)C(C)C)Oc1c(CC=C(C)C)c2c(c(OC(=O)c4ccc(O[C@@H]5O[C@H](CO)[C@@H](O)[C@H](O)[C@H]5O)cc4)c13)C=CC(C)(CCC=C(C)C)O2. The van der Waals surface area contributed by atoms with Gasteiger partial charge in [0.2, 0.25) is 6.29 Å². The lowest BCUT2D eigenvalue weighted by molar-refractivity contribution is -0.277. The zero-order chi connectivity index (χ0) is 54.5. The van der Waals surface area contributed by atoms with E-state index in [1.54, 1.807) is 13.0 Å². The van der Waals surface area contributed by atoms with Crippen LogP contribution in [-0.4, -0.2) is 110 Å². The maximum atomic E-state index is 15.6. The summed E-state index contributed by atoms with van der Waals surface area (Å²) >= 11 is 1.50. The van der Waals surface area contributed by atoms with Gasteiger partial charge in [-0.05, 0) is 115 Å². The Morgan fingerprint density at radius 2 is 1.60 bits per heavy atom. The Morgan fingerprint density at radius 3 is 2.25 bits per heavy atom. The fourth-order valence-corrected chi connectivity index (χ4v) is 12.2. The number of ether oxygens (including phenoxy) is 6. The minimum atomic E-state index is -2.28. The van der Waals surface area contributed by atoms with E-state index < -0.39 is 88.9 Å². The van der Waals surface area contributed by atoms with Crippen molar-refractivity contribution >= 4 is 46.9 Å². The lowest BCUT2D eigenvalue weighted by Gasteiger charge is -2.59. The third kappa shape index (κ3) is 10.1. The van der Waals surface area contributed by atoms with E-state index in [4.69, 9.17) is 28.4 Å². The highest BCUT2D eigenvalue weighted by Gasteiger charge is 2.71. The van der Waals surface area contributed by atoms with Crippen LogP contribution in [0.4, 0.5) is 5.69 Å². The van der Waals surface area contributed by atoms with Crippen molar-refractivity contribution in [3.05, 3.63) is 117 Å². The van der Waals surface area contributed by atoms with Crippen molar-refractivity contribution in [2.45, 2.75) is 153 Å². The molecule has 6 N–H and O–H groups in total. The second kappa shape index (κ2) is 21.7. The van der Waals surface area contributed by atoms with Crippen LogP contribution in [0.15, 0.2) is 100 Å². The predicted molar refractivity (Wildman–Crippen MR) is 286 cm³/mol. The normalized spacial score (nSPS) is 28.9. The molecule has 0 aromatic heterocycles. The Kier molecular flexibility index (Phi) is 16.1. The predicted octanol–water partition coefficient (Wildman–Crippen LogP) is 8.68. The quantitative estimate of drug-likeness (QED) is 0.0363. The molecule has 5 aliphatic rings. The average Bonchev–Trinajstić information content (AvgIpc) is 3.56. The summed E-state index contributed by atoms with van der Waals surface area (Å²) in [5.41, 5.74) is 0.820. The third-order valence-corrected chi connectivity index (χ3v) is 16.8. The number of Topliss-reactive ketones (excluding diaryl/α,β-unsaturated/α-hetero) is 1. The van der Waals surface area contributed by atoms with Gasteiger partial charge in [-0.2, -0.15) is 0 Å². The molecule has 402 valence electrons. The van der Waals surface area contributed by atoms with Gasteiger partial charge < -0.3 is 59.3 Å². The maximum Gasteiger partial charge on any atom is 0.343 e. The van der Waals surface area contributed by atoms with Gasteiger partial charge >= 0.3 is 11.9 Å². The number of thioether (sulfide) groups is 1. The van der Waals surface area contributed by atoms with Crippen molar-refractivity contribution in [3.8, 4) is 23.0 Å². The molecule has 1 aliphatic carbocycles. The molecule has 0 bridgehead atoms. The molecule has 3 aromatic rings. The number of fused-ring (bicyclic) bond motifs is 4. The Labute approximate surface area is 443 Å². The van der Waals surface area contributed by atoms with Crippen molar-refractivity contribution in [2.75, 3.05) is 19.0 Å². The van der Waals surface area contributed by atoms with Crippen molar-refractivity contribution in [1.82, 2.24) is 0 Å². The van der Waals surface area contributed by atoms with Crippen LogP contribution in [0.1, 0.15) is 116 Å². The Morgan fingerprint density at radius 1 is 0.907 bits per heavy atom. The van der Waals surface area contributed by atoms with Gasteiger partial charge in [0, 0.05) is 45.1 Å². The molecule has 16 heteroatoms. The second-order valence-electron chi connectivity index (χ2n) is 21.5. The molecule has 4 aliphatic heterocycles. The van der Waals surface area contributed by atoms with Crippen molar-refractivity contribution in [1.29, 1.82) is 0 Å². The number of hydrogen-bond donors (Lipinski definition) is 6. The summed E-state index contributed by atoms with van der Waals surface area (Å²) in [5, 5.41) is 58.1. The molecular formula is C59H71NO14S. The van der Waals surface area contributed by atoms with Gasteiger partial charge in [0.1, 0.15) is 47.3 Å². The second-order valence-corrected chi connectivity index (χ2v) is 22.6. The van der Waals surface area contributed by atoms with Crippen LogP contribution in [0.3, 0.4) is 0 Å². The van der Waals surface area contributed by atoms with Crippen LogP contribution < -0.4 is 24.3 Å². The molecule has 1 saturated heterocycles. The molecule has 11 atom stereocenters. The van der Waals surface area contributed by atoms with Crippen molar-refractivity contribution in [2.24, 2.45) is 17.8 Å². The third-order valence-electron chi connectivity index (χ3n) is 15.3. The average molecular weight is 1050 g/mol. The highest BCUT2D eigenvalue weighted by molar-refractivity contribution is 8.00. The number of methoxy groups -OCH3 is 1. The molecule has 75 heavy (non-hydrogen) atoms. The molecule has 6 unspecified atom stereocenters. The highest BCUT2D eigenvalue weighted by atomic mass is 32.2. The van der Waals surface area contributed by atoms with E-state index in [1.165, 1.54) is 43.1 Å². The van der Waals surface area contributed by atoms with Gasteiger partial charge in [0.05, 0.1) is 41.8 Å². The molecule has 1 saturated carbocycles. The van der Waals surface area contributed by atoms with Crippen LogP contribution in [0.25, 0.3) is 11.8 Å². The Balaban J connectivity index is 1.39. The van der Waals surface area contributed by atoms with E-state index in [2.05, 4.69) is 17.5 Å². The number of carbonyl (C=O) groups excluding carboxylic acids is 3. The Bertz CT molecular complexity index is 2880. The Hall–Kier alpha value is -5.72. The fraction of sp³-hybridized carbons (Fsp3) is 0.475. The number of benzene rings is 3. The van der Waals surface area contributed by atoms with Gasteiger partial charge in [-0.3, -0.25) is 4.79 Å². The summed E-state index contributed by atoms with van der Waals surface area (Å²) in [6.07, 6.45) is 3.42. The maximum absolute atomic E-state index is 15.6. The van der Waals surface area contributed by atoms with Crippen LogP contribution in [0.5, 0.6) is 23.0 Å². The zero-order valence-corrected chi connectivity index (χ0v) is 45.4. The number of carbonyl (C=O) groups is 3. The van der Waals surface area contributed by atoms with E-state index >= 15 is 4.79 Å². The first kappa shape index (κ1) is 55.5. The van der Waals surface area contributed by atoms with Gasteiger partial charge in [-0.15, -0.1) is 11.8 Å². The molecule has 8 rings (SSSR count). The van der Waals surface area contributed by atoms with Gasteiger partial charge in [0.15, 0.2) is 22.7 Å². The number of para-hydroxylation sites is 1. The molecule has 15 nitrogen and oxygen atoms in total. The number of rotatable bonds is 15. The van der Waals surface area contributed by atoms with Crippen LogP contribution in [-0.2, 0) is 25.5 Å². The highest BCUT2D eigenvalue weighted by Crippen LogP contribution is 2.65. The number of nitrogens with one attached hydrogen (secondary N) is 1. The van der Waals surface area contributed by atoms with Gasteiger partial charge in [-0.25, -0.2) is 9.59 Å². The molecular weight excluding hydrogens is 979 g/mol. The first-order chi connectivity index (χ1) is 35.5. The number of aliphatic hydroxyl groups is 5. The summed E-state index contributed by atoms with van der Waals surface area (Å²) in [6.45, 7) is 18.8.